The zero-order chi connectivity index (χ0) is 14.9. The normalized spacial score (nSPS) is 17.5. The van der Waals surface area contributed by atoms with Crippen LogP contribution in [0.4, 0.5) is 5.69 Å². The van der Waals surface area contributed by atoms with Crippen molar-refractivity contribution in [1.29, 1.82) is 0 Å². The SMILES string of the molecule is CCS(=O)(=O)N1CCN(c2c(C)cc(C)cc2Cl)CC1. The molecule has 4 nitrogen and oxygen atoms in total. The van der Waals surface area contributed by atoms with Gasteiger partial charge in [0.1, 0.15) is 0 Å². The molecule has 0 aliphatic carbocycles. The van der Waals surface area contributed by atoms with Gasteiger partial charge < -0.3 is 4.90 Å². The van der Waals surface area contributed by atoms with Crippen molar-refractivity contribution in [2.45, 2.75) is 20.8 Å². The van der Waals surface area contributed by atoms with Gasteiger partial charge in [-0.15, -0.1) is 0 Å². The molecule has 0 saturated carbocycles. The fourth-order valence-corrected chi connectivity index (χ4v) is 4.21. The molecule has 2 rings (SSSR count). The summed E-state index contributed by atoms with van der Waals surface area (Å²) < 4.78 is 25.3. The Morgan fingerprint density at radius 2 is 1.75 bits per heavy atom. The van der Waals surface area contributed by atoms with E-state index in [-0.39, 0.29) is 5.75 Å². The number of rotatable bonds is 3. The Hall–Kier alpha value is -0.780. The Kier molecular flexibility index (Phi) is 4.62. The summed E-state index contributed by atoms with van der Waals surface area (Å²) in [6.45, 7) is 8.17. The summed E-state index contributed by atoms with van der Waals surface area (Å²) >= 11 is 6.35. The Morgan fingerprint density at radius 3 is 2.25 bits per heavy atom. The van der Waals surface area contributed by atoms with Gasteiger partial charge in [-0.05, 0) is 38.0 Å². The molecule has 0 unspecified atom stereocenters. The molecule has 1 aliphatic heterocycles. The van der Waals surface area contributed by atoms with E-state index in [0.29, 0.717) is 26.2 Å². The number of hydrogen-bond acceptors (Lipinski definition) is 3. The van der Waals surface area contributed by atoms with Crippen LogP contribution >= 0.6 is 11.6 Å². The first-order valence-electron chi connectivity index (χ1n) is 6.84. The van der Waals surface area contributed by atoms with Gasteiger partial charge in [0, 0.05) is 26.2 Å². The van der Waals surface area contributed by atoms with E-state index in [1.165, 1.54) is 0 Å². The van der Waals surface area contributed by atoms with E-state index >= 15 is 0 Å². The van der Waals surface area contributed by atoms with E-state index in [4.69, 9.17) is 11.6 Å². The first kappa shape index (κ1) is 15.6. The smallest absolute Gasteiger partial charge is 0.213 e. The van der Waals surface area contributed by atoms with Crippen LogP contribution in [0.25, 0.3) is 0 Å². The highest BCUT2D eigenvalue weighted by Gasteiger charge is 2.26. The number of piperazine rings is 1. The standard InChI is InChI=1S/C14H21ClN2O2S/c1-4-20(18,19)17-7-5-16(6-8-17)14-12(3)9-11(2)10-13(14)15/h9-10H,4-8H2,1-3H3. The van der Waals surface area contributed by atoms with Crippen LogP contribution in [0.15, 0.2) is 12.1 Å². The Morgan fingerprint density at radius 1 is 1.15 bits per heavy atom. The molecule has 0 bridgehead atoms. The van der Waals surface area contributed by atoms with E-state index in [0.717, 1.165) is 21.8 Å². The number of hydrogen-bond donors (Lipinski definition) is 0. The summed E-state index contributed by atoms with van der Waals surface area (Å²) in [6.07, 6.45) is 0. The van der Waals surface area contributed by atoms with Crippen molar-refractivity contribution >= 4 is 27.3 Å². The molecule has 112 valence electrons. The molecule has 1 heterocycles. The highest BCUT2D eigenvalue weighted by Crippen LogP contribution is 2.31. The molecule has 1 saturated heterocycles. The monoisotopic (exact) mass is 316 g/mol. The maximum Gasteiger partial charge on any atom is 0.213 e. The summed E-state index contributed by atoms with van der Waals surface area (Å²) in [6, 6.07) is 4.06. The van der Waals surface area contributed by atoms with Crippen molar-refractivity contribution in [3.63, 3.8) is 0 Å². The van der Waals surface area contributed by atoms with Crippen LogP contribution in [0.2, 0.25) is 5.02 Å². The zero-order valence-electron chi connectivity index (χ0n) is 12.2. The van der Waals surface area contributed by atoms with Crippen LogP contribution in [0, 0.1) is 13.8 Å². The maximum atomic E-state index is 11.9. The number of aryl methyl sites for hydroxylation is 2. The number of sulfonamides is 1. The van der Waals surface area contributed by atoms with Crippen molar-refractivity contribution in [1.82, 2.24) is 4.31 Å². The molecule has 1 aliphatic rings. The summed E-state index contributed by atoms with van der Waals surface area (Å²) in [4.78, 5) is 2.18. The molecule has 0 radical (unpaired) electrons. The van der Waals surface area contributed by atoms with Gasteiger partial charge in [-0.2, -0.15) is 4.31 Å². The molecule has 0 aromatic heterocycles. The summed E-state index contributed by atoms with van der Waals surface area (Å²) in [5.74, 6) is 0.164. The van der Waals surface area contributed by atoms with Crippen molar-refractivity contribution in [2.24, 2.45) is 0 Å². The van der Waals surface area contributed by atoms with E-state index < -0.39 is 10.0 Å². The Bertz CT molecular complexity index is 570. The van der Waals surface area contributed by atoms with Crippen LogP contribution in [0.3, 0.4) is 0 Å². The van der Waals surface area contributed by atoms with Crippen LogP contribution in [0.1, 0.15) is 18.1 Å². The molecule has 0 N–H and O–H groups in total. The first-order valence-corrected chi connectivity index (χ1v) is 8.83. The second kappa shape index (κ2) is 5.92. The Labute approximate surface area is 126 Å². The quantitative estimate of drug-likeness (QED) is 0.860. The van der Waals surface area contributed by atoms with Crippen LogP contribution in [-0.2, 0) is 10.0 Å². The average Bonchev–Trinajstić information content (AvgIpc) is 2.38. The predicted molar refractivity (Wildman–Crippen MR) is 84.2 cm³/mol. The average molecular weight is 317 g/mol. The highest BCUT2D eigenvalue weighted by atomic mass is 35.5. The number of halogens is 1. The predicted octanol–water partition coefficient (Wildman–Crippen LogP) is 2.43. The minimum Gasteiger partial charge on any atom is -0.367 e. The fraction of sp³-hybridized carbons (Fsp3) is 0.571. The van der Waals surface area contributed by atoms with Gasteiger partial charge in [0.2, 0.25) is 10.0 Å². The lowest BCUT2D eigenvalue weighted by Crippen LogP contribution is -2.49. The van der Waals surface area contributed by atoms with E-state index in [1.807, 2.05) is 19.9 Å². The maximum absolute atomic E-state index is 11.9. The minimum atomic E-state index is -3.08. The minimum absolute atomic E-state index is 0.164. The van der Waals surface area contributed by atoms with E-state index in [9.17, 15) is 8.42 Å². The lowest BCUT2D eigenvalue weighted by Gasteiger charge is -2.36. The second-order valence-corrected chi connectivity index (χ2v) is 7.86. The first-order chi connectivity index (χ1) is 9.35. The van der Waals surface area contributed by atoms with Gasteiger partial charge >= 0.3 is 0 Å². The zero-order valence-corrected chi connectivity index (χ0v) is 13.8. The lowest BCUT2D eigenvalue weighted by atomic mass is 10.1. The van der Waals surface area contributed by atoms with Gasteiger partial charge in [0.25, 0.3) is 0 Å². The van der Waals surface area contributed by atoms with Crippen molar-refractivity contribution < 1.29 is 8.42 Å². The molecular formula is C14H21ClN2O2S. The third-order valence-corrected chi connectivity index (χ3v) is 5.88. The van der Waals surface area contributed by atoms with E-state index in [2.05, 4.69) is 11.0 Å². The van der Waals surface area contributed by atoms with Gasteiger partial charge in [-0.3, -0.25) is 0 Å². The summed E-state index contributed by atoms with van der Waals surface area (Å²) in [5.41, 5.74) is 3.32. The fourth-order valence-electron chi connectivity index (χ4n) is 2.68. The molecule has 0 spiro atoms. The summed E-state index contributed by atoms with van der Waals surface area (Å²) in [7, 11) is -3.08. The van der Waals surface area contributed by atoms with Gasteiger partial charge in [0.15, 0.2) is 0 Å². The number of benzene rings is 1. The lowest BCUT2D eigenvalue weighted by molar-refractivity contribution is 0.385. The number of anilines is 1. The molecule has 0 atom stereocenters. The molecular weight excluding hydrogens is 296 g/mol. The molecule has 1 aromatic carbocycles. The Balaban J connectivity index is 2.16. The van der Waals surface area contributed by atoms with Crippen LogP contribution in [0.5, 0.6) is 0 Å². The van der Waals surface area contributed by atoms with E-state index in [1.54, 1.807) is 11.2 Å². The van der Waals surface area contributed by atoms with Gasteiger partial charge in [-0.25, -0.2) is 8.42 Å². The molecule has 1 aromatic rings. The number of nitrogens with zero attached hydrogens (tertiary/aromatic N) is 2. The van der Waals surface area contributed by atoms with Gasteiger partial charge in [-0.1, -0.05) is 17.7 Å². The molecule has 1 fully saturated rings. The van der Waals surface area contributed by atoms with Crippen LogP contribution in [-0.4, -0.2) is 44.7 Å². The van der Waals surface area contributed by atoms with Crippen LogP contribution < -0.4 is 4.90 Å². The molecule has 0 amide bonds. The van der Waals surface area contributed by atoms with Gasteiger partial charge in [0.05, 0.1) is 16.5 Å². The molecule has 20 heavy (non-hydrogen) atoms. The topological polar surface area (TPSA) is 40.6 Å². The van der Waals surface area contributed by atoms with Crippen molar-refractivity contribution in [3.8, 4) is 0 Å². The van der Waals surface area contributed by atoms with Crippen molar-refractivity contribution in [3.05, 3.63) is 28.3 Å². The summed E-state index contributed by atoms with van der Waals surface area (Å²) in [5, 5.41) is 0.745. The van der Waals surface area contributed by atoms with Crippen molar-refractivity contribution in [2.75, 3.05) is 36.8 Å². The highest BCUT2D eigenvalue weighted by molar-refractivity contribution is 7.89. The molecule has 6 heteroatoms. The third-order valence-electron chi connectivity index (χ3n) is 3.71. The second-order valence-electron chi connectivity index (χ2n) is 5.20. The third kappa shape index (κ3) is 3.10. The largest absolute Gasteiger partial charge is 0.367 e.